The van der Waals surface area contributed by atoms with Gasteiger partial charge in [0.1, 0.15) is 5.75 Å². The summed E-state index contributed by atoms with van der Waals surface area (Å²) in [6.07, 6.45) is 0. The molecule has 0 aliphatic carbocycles. The molecular weight excluding hydrogens is 334 g/mol. The van der Waals surface area contributed by atoms with Crippen LogP contribution in [0.15, 0.2) is 36.4 Å². The Bertz CT molecular complexity index is 765. The fourth-order valence-corrected chi connectivity index (χ4v) is 3.41. The number of carbonyl (C=O) groups is 1. The van der Waals surface area contributed by atoms with Crippen molar-refractivity contribution in [2.75, 3.05) is 11.9 Å². The number of hydrogen-bond acceptors (Lipinski definition) is 2. The maximum Gasteiger partial charge on any atom is 0.262 e. The Morgan fingerprint density at radius 2 is 1.44 bits per heavy atom. The Labute approximate surface area is 164 Å². The number of ether oxygens (including phenoxy) is 1. The number of anilines is 1. The van der Waals surface area contributed by atoms with Gasteiger partial charge in [0.05, 0.1) is 0 Å². The number of hydrogen-bond donors (Lipinski definition) is 1. The van der Waals surface area contributed by atoms with Crippen molar-refractivity contribution in [3.8, 4) is 5.75 Å². The Balaban J connectivity index is 2.11. The second-order valence-corrected chi connectivity index (χ2v) is 8.13. The highest BCUT2D eigenvalue weighted by Gasteiger charge is 2.16. The average molecular weight is 368 g/mol. The molecule has 0 radical (unpaired) electrons. The van der Waals surface area contributed by atoms with Gasteiger partial charge in [-0.25, -0.2) is 0 Å². The highest BCUT2D eigenvalue weighted by atomic mass is 16.5. The first-order valence-corrected chi connectivity index (χ1v) is 9.86. The van der Waals surface area contributed by atoms with Gasteiger partial charge in [0, 0.05) is 5.69 Å². The SMILES string of the molecule is Cc1cc(OCC(=O)Nc2c(C(C)C)cccc2C(C)C)ccc1C(C)C. The van der Waals surface area contributed by atoms with Crippen LogP contribution in [0.3, 0.4) is 0 Å². The predicted octanol–water partition coefficient (Wildman–Crippen LogP) is 6.38. The smallest absolute Gasteiger partial charge is 0.262 e. The average Bonchev–Trinajstić information content (AvgIpc) is 2.59. The van der Waals surface area contributed by atoms with Gasteiger partial charge >= 0.3 is 0 Å². The molecule has 146 valence electrons. The van der Waals surface area contributed by atoms with Gasteiger partial charge in [-0.1, -0.05) is 65.8 Å². The van der Waals surface area contributed by atoms with E-state index < -0.39 is 0 Å². The normalized spacial score (nSPS) is 11.3. The highest BCUT2D eigenvalue weighted by Crippen LogP contribution is 2.32. The Morgan fingerprint density at radius 1 is 0.889 bits per heavy atom. The minimum atomic E-state index is -0.129. The molecule has 27 heavy (non-hydrogen) atoms. The van der Waals surface area contributed by atoms with Gasteiger partial charge in [-0.3, -0.25) is 4.79 Å². The summed E-state index contributed by atoms with van der Waals surface area (Å²) in [4.78, 5) is 12.6. The summed E-state index contributed by atoms with van der Waals surface area (Å²) in [5.41, 5.74) is 5.75. The lowest BCUT2D eigenvalue weighted by molar-refractivity contribution is -0.118. The van der Waals surface area contributed by atoms with Crippen molar-refractivity contribution in [1.29, 1.82) is 0 Å². The third-order valence-corrected chi connectivity index (χ3v) is 4.87. The van der Waals surface area contributed by atoms with E-state index in [1.807, 2.05) is 12.1 Å². The number of para-hydroxylation sites is 1. The summed E-state index contributed by atoms with van der Waals surface area (Å²) in [5.74, 6) is 1.76. The van der Waals surface area contributed by atoms with Crippen LogP contribution < -0.4 is 10.1 Å². The molecule has 2 aromatic rings. The van der Waals surface area contributed by atoms with Crippen molar-refractivity contribution in [2.24, 2.45) is 0 Å². The maximum absolute atomic E-state index is 12.6. The summed E-state index contributed by atoms with van der Waals surface area (Å²) in [5, 5.41) is 3.09. The predicted molar refractivity (Wildman–Crippen MR) is 114 cm³/mol. The van der Waals surface area contributed by atoms with E-state index in [-0.39, 0.29) is 12.5 Å². The molecule has 0 fully saturated rings. The van der Waals surface area contributed by atoms with E-state index in [2.05, 4.69) is 78.0 Å². The van der Waals surface area contributed by atoms with Gasteiger partial charge in [0.25, 0.3) is 5.91 Å². The lowest BCUT2D eigenvalue weighted by Crippen LogP contribution is -2.22. The van der Waals surface area contributed by atoms with E-state index in [0.29, 0.717) is 17.8 Å². The minimum absolute atomic E-state index is 0.00439. The van der Waals surface area contributed by atoms with Crippen LogP contribution in [0.4, 0.5) is 5.69 Å². The van der Waals surface area contributed by atoms with Crippen LogP contribution in [0, 0.1) is 6.92 Å². The van der Waals surface area contributed by atoms with Crippen molar-refractivity contribution in [3.05, 3.63) is 58.7 Å². The van der Waals surface area contributed by atoms with E-state index in [1.165, 1.54) is 11.1 Å². The summed E-state index contributed by atoms with van der Waals surface area (Å²) >= 11 is 0. The molecule has 1 N–H and O–H groups in total. The fourth-order valence-electron chi connectivity index (χ4n) is 3.41. The molecule has 2 rings (SSSR count). The molecule has 0 spiro atoms. The van der Waals surface area contributed by atoms with Crippen LogP contribution in [-0.4, -0.2) is 12.5 Å². The van der Waals surface area contributed by atoms with Crippen LogP contribution in [0.25, 0.3) is 0 Å². The van der Waals surface area contributed by atoms with Crippen LogP contribution in [0.2, 0.25) is 0 Å². The zero-order chi connectivity index (χ0) is 20.1. The quantitative estimate of drug-likeness (QED) is 0.616. The van der Waals surface area contributed by atoms with Gasteiger partial charge in [-0.05, 0) is 59.1 Å². The number of benzene rings is 2. The largest absolute Gasteiger partial charge is 0.484 e. The number of aryl methyl sites for hydroxylation is 1. The van der Waals surface area contributed by atoms with Gasteiger partial charge in [0.15, 0.2) is 6.61 Å². The monoisotopic (exact) mass is 367 g/mol. The van der Waals surface area contributed by atoms with Crippen molar-refractivity contribution >= 4 is 11.6 Å². The lowest BCUT2D eigenvalue weighted by atomic mass is 9.92. The van der Waals surface area contributed by atoms with Gasteiger partial charge in [0.2, 0.25) is 0 Å². The second kappa shape index (κ2) is 9.07. The van der Waals surface area contributed by atoms with Crippen LogP contribution in [0.5, 0.6) is 5.75 Å². The van der Waals surface area contributed by atoms with Crippen LogP contribution in [-0.2, 0) is 4.79 Å². The van der Waals surface area contributed by atoms with Gasteiger partial charge in [-0.2, -0.15) is 0 Å². The first kappa shape index (κ1) is 21.0. The molecule has 3 heteroatoms. The van der Waals surface area contributed by atoms with Crippen LogP contribution in [0.1, 0.15) is 81.5 Å². The number of amides is 1. The first-order valence-electron chi connectivity index (χ1n) is 9.86. The first-order chi connectivity index (χ1) is 12.7. The third kappa shape index (κ3) is 5.35. The summed E-state index contributed by atoms with van der Waals surface area (Å²) in [6, 6.07) is 12.3. The molecule has 0 aliphatic heterocycles. The lowest BCUT2D eigenvalue weighted by Gasteiger charge is -2.20. The number of carbonyl (C=O) groups excluding carboxylic acids is 1. The molecule has 0 saturated carbocycles. The Morgan fingerprint density at radius 3 is 1.93 bits per heavy atom. The highest BCUT2D eigenvalue weighted by molar-refractivity contribution is 5.93. The number of rotatable bonds is 7. The third-order valence-electron chi connectivity index (χ3n) is 4.87. The molecule has 3 nitrogen and oxygen atoms in total. The molecule has 0 aromatic heterocycles. The fraction of sp³-hybridized carbons (Fsp3) is 0.458. The Hall–Kier alpha value is -2.29. The standard InChI is InChI=1S/C24H33NO2/c1-15(2)20-12-11-19(13-18(20)7)27-14-23(26)25-24-21(16(3)4)9-8-10-22(24)17(5)6/h8-13,15-17H,14H2,1-7H3,(H,25,26). The molecule has 1 amide bonds. The molecule has 0 atom stereocenters. The maximum atomic E-state index is 12.6. The summed E-state index contributed by atoms with van der Waals surface area (Å²) in [6.45, 7) is 15.0. The molecular formula is C24H33NO2. The zero-order valence-corrected chi connectivity index (χ0v) is 17.7. The van der Waals surface area contributed by atoms with E-state index in [0.717, 1.165) is 22.6 Å². The van der Waals surface area contributed by atoms with E-state index in [4.69, 9.17) is 4.74 Å². The second-order valence-electron chi connectivity index (χ2n) is 8.13. The molecule has 0 aliphatic rings. The van der Waals surface area contributed by atoms with E-state index in [1.54, 1.807) is 0 Å². The van der Waals surface area contributed by atoms with E-state index in [9.17, 15) is 4.79 Å². The van der Waals surface area contributed by atoms with Crippen molar-refractivity contribution in [1.82, 2.24) is 0 Å². The zero-order valence-electron chi connectivity index (χ0n) is 17.7. The van der Waals surface area contributed by atoms with Crippen molar-refractivity contribution in [2.45, 2.75) is 66.2 Å². The van der Waals surface area contributed by atoms with Crippen LogP contribution >= 0.6 is 0 Å². The topological polar surface area (TPSA) is 38.3 Å². The Kier molecular flexibility index (Phi) is 7.06. The molecule has 2 aromatic carbocycles. The number of nitrogens with one attached hydrogen (secondary N) is 1. The van der Waals surface area contributed by atoms with Gasteiger partial charge in [-0.15, -0.1) is 0 Å². The molecule has 0 heterocycles. The minimum Gasteiger partial charge on any atom is -0.484 e. The molecule has 0 saturated heterocycles. The molecule has 0 unspecified atom stereocenters. The molecule has 0 bridgehead atoms. The van der Waals surface area contributed by atoms with E-state index >= 15 is 0 Å². The summed E-state index contributed by atoms with van der Waals surface area (Å²) < 4.78 is 5.74. The van der Waals surface area contributed by atoms with Crippen molar-refractivity contribution < 1.29 is 9.53 Å². The summed E-state index contributed by atoms with van der Waals surface area (Å²) in [7, 11) is 0. The van der Waals surface area contributed by atoms with Gasteiger partial charge < -0.3 is 10.1 Å². The van der Waals surface area contributed by atoms with Crippen molar-refractivity contribution in [3.63, 3.8) is 0 Å².